The van der Waals surface area contributed by atoms with E-state index in [0.29, 0.717) is 35.4 Å². The molecule has 0 bridgehead atoms. The van der Waals surface area contributed by atoms with Gasteiger partial charge in [0.1, 0.15) is 5.69 Å². The maximum atomic E-state index is 12.5. The van der Waals surface area contributed by atoms with Gasteiger partial charge in [0.15, 0.2) is 11.5 Å². The normalized spacial score (nSPS) is 11.9. The third-order valence-corrected chi connectivity index (χ3v) is 4.25. The van der Waals surface area contributed by atoms with Gasteiger partial charge in [0.05, 0.1) is 0 Å². The molecule has 0 fully saturated rings. The number of aromatic nitrogens is 2. The van der Waals surface area contributed by atoms with Crippen molar-refractivity contribution in [3.05, 3.63) is 71.0 Å². The van der Waals surface area contributed by atoms with Gasteiger partial charge < -0.3 is 20.1 Å². The second kappa shape index (κ2) is 7.56. The number of carbonyl (C=O) groups is 1. The number of rotatable bonds is 5. The van der Waals surface area contributed by atoms with Gasteiger partial charge in [-0.2, -0.15) is 0 Å². The molecule has 0 radical (unpaired) electrons. The lowest BCUT2D eigenvalue weighted by Crippen LogP contribution is -2.24. The minimum Gasteiger partial charge on any atom is -0.454 e. The van der Waals surface area contributed by atoms with Crippen LogP contribution < -0.4 is 20.1 Å². The molecule has 0 saturated heterocycles. The van der Waals surface area contributed by atoms with Crippen molar-refractivity contribution in [2.75, 3.05) is 12.1 Å². The first-order valence-electron chi connectivity index (χ1n) is 8.93. The van der Waals surface area contributed by atoms with Gasteiger partial charge in [-0.3, -0.25) is 4.79 Å². The molecule has 1 amide bonds. The van der Waals surface area contributed by atoms with E-state index in [9.17, 15) is 4.79 Å². The van der Waals surface area contributed by atoms with Crippen LogP contribution in [0.15, 0.2) is 48.5 Å². The lowest BCUT2D eigenvalue weighted by atomic mass is 10.1. The molecular weight excluding hydrogens is 356 g/mol. The van der Waals surface area contributed by atoms with Gasteiger partial charge in [0, 0.05) is 24.0 Å². The number of carbonyl (C=O) groups excluding carboxylic acids is 1. The summed E-state index contributed by atoms with van der Waals surface area (Å²) in [5.41, 5.74) is 3.95. The highest BCUT2D eigenvalue weighted by Gasteiger charge is 2.15. The Morgan fingerprint density at radius 1 is 1.04 bits per heavy atom. The average Bonchev–Trinajstić information content (AvgIpc) is 3.13. The molecule has 142 valence electrons. The Morgan fingerprint density at radius 3 is 2.75 bits per heavy atom. The first kappa shape index (κ1) is 17.8. The molecule has 28 heavy (non-hydrogen) atoms. The first-order valence-corrected chi connectivity index (χ1v) is 8.93. The van der Waals surface area contributed by atoms with Crippen LogP contribution >= 0.6 is 0 Å². The fraction of sp³-hybridized carbons (Fsp3) is 0.190. The Kier molecular flexibility index (Phi) is 4.80. The quantitative estimate of drug-likeness (QED) is 0.709. The van der Waals surface area contributed by atoms with Crippen LogP contribution in [0.2, 0.25) is 0 Å². The SMILES string of the molecule is Cc1cccc(CNC(=O)c2cc(C)nc(Nc3ccc4c(c3)OCO4)n2)c1. The largest absolute Gasteiger partial charge is 0.454 e. The monoisotopic (exact) mass is 376 g/mol. The van der Waals surface area contributed by atoms with E-state index >= 15 is 0 Å². The van der Waals surface area contributed by atoms with Crippen molar-refractivity contribution in [3.63, 3.8) is 0 Å². The van der Waals surface area contributed by atoms with E-state index in [1.165, 1.54) is 0 Å². The number of anilines is 2. The molecule has 7 heteroatoms. The second-order valence-electron chi connectivity index (χ2n) is 6.58. The summed E-state index contributed by atoms with van der Waals surface area (Å²) in [5, 5.41) is 6.01. The Bertz CT molecular complexity index is 1040. The number of amides is 1. The number of fused-ring (bicyclic) bond motifs is 1. The highest BCUT2D eigenvalue weighted by molar-refractivity contribution is 5.92. The van der Waals surface area contributed by atoms with E-state index in [1.807, 2.05) is 56.3 Å². The third-order valence-electron chi connectivity index (χ3n) is 4.25. The molecule has 1 aromatic heterocycles. The summed E-state index contributed by atoms with van der Waals surface area (Å²) in [7, 11) is 0. The molecule has 2 heterocycles. The molecule has 0 aliphatic carbocycles. The van der Waals surface area contributed by atoms with Crippen LogP contribution in [0, 0.1) is 13.8 Å². The summed E-state index contributed by atoms with van der Waals surface area (Å²) < 4.78 is 10.7. The first-order chi connectivity index (χ1) is 13.6. The molecule has 4 rings (SSSR count). The Hall–Kier alpha value is -3.61. The fourth-order valence-corrected chi connectivity index (χ4v) is 2.94. The van der Waals surface area contributed by atoms with E-state index in [-0.39, 0.29) is 12.7 Å². The number of hydrogen-bond acceptors (Lipinski definition) is 6. The van der Waals surface area contributed by atoms with Crippen LogP contribution in [-0.4, -0.2) is 22.7 Å². The van der Waals surface area contributed by atoms with Gasteiger partial charge in [0.2, 0.25) is 12.7 Å². The zero-order chi connectivity index (χ0) is 19.5. The number of benzene rings is 2. The van der Waals surface area contributed by atoms with Crippen molar-refractivity contribution < 1.29 is 14.3 Å². The molecule has 2 N–H and O–H groups in total. The van der Waals surface area contributed by atoms with Crippen LogP contribution in [-0.2, 0) is 6.54 Å². The Balaban J connectivity index is 1.47. The average molecular weight is 376 g/mol. The smallest absolute Gasteiger partial charge is 0.270 e. The van der Waals surface area contributed by atoms with Crippen molar-refractivity contribution in [1.29, 1.82) is 0 Å². The molecule has 1 aliphatic rings. The number of nitrogens with zero attached hydrogens (tertiary/aromatic N) is 2. The van der Waals surface area contributed by atoms with Crippen molar-refractivity contribution in [3.8, 4) is 11.5 Å². The lowest BCUT2D eigenvalue weighted by molar-refractivity contribution is 0.0945. The molecule has 0 saturated carbocycles. The van der Waals surface area contributed by atoms with Gasteiger partial charge >= 0.3 is 0 Å². The molecular formula is C21H20N4O3. The van der Waals surface area contributed by atoms with Crippen LogP contribution in [0.25, 0.3) is 0 Å². The van der Waals surface area contributed by atoms with Crippen molar-refractivity contribution in [2.24, 2.45) is 0 Å². The topological polar surface area (TPSA) is 85.4 Å². The number of nitrogens with one attached hydrogen (secondary N) is 2. The minimum absolute atomic E-state index is 0.213. The van der Waals surface area contributed by atoms with Crippen LogP contribution in [0.4, 0.5) is 11.6 Å². The summed E-state index contributed by atoms with van der Waals surface area (Å²) in [4.78, 5) is 21.3. The number of hydrogen-bond donors (Lipinski definition) is 2. The van der Waals surface area contributed by atoms with E-state index in [1.54, 1.807) is 6.07 Å². The predicted octanol–water partition coefficient (Wildman–Crippen LogP) is 3.50. The molecule has 7 nitrogen and oxygen atoms in total. The third kappa shape index (κ3) is 4.03. The Morgan fingerprint density at radius 2 is 1.89 bits per heavy atom. The van der Waals surface area contributed by atoms with Crippen LogP contribution in [0.1, 0.15) is 27.3 Å². The summed E-state index contributed by atoms with van der Waals surface area (Å²) in [6.45, 7) is 4.50. The molecule has 0 unspecified atom stereocenters. The highest BCUT2D eigenvalue weighted by Crippen LogP contribution is 2.34. The van der Waals surface area contributed by atoms with Gasteiger partial charge in [-0.1, -0.05) is 29.8 Å². The Labute approximate surface area is 162 Å². The minimum atomic E-state index is -0.249. The summed E-state index contributed by atoms with van der Waals surface area (Å²) in [5.74, 6) is 1.46. The van der Waals surface area contributed by atoms with E-state index in [4.69, 9.17) is 9.47 Å². The lowest BCUT2D eigenvalue weighted by Gasteiger charge is -2.10. The van der Waals surface area contributed by atoms with Crippen molar-refractivity contribution in [1.82, 2.24) is 15.3 Å². The maximum Gasteiger partial charge on any atom is 0.270 e. The van der Waals surface area contributed by atoms with Crippen LogP contribution in [0.5, 0.6) is 11.5 Å². The van der Waals surface area contributed by atoms with Crippen LogP contribution in [0.3, 0.4) is 0 Å². The number of aryl methyl sites for hydroxylation is 2. The standard InChI is InChI=1S/C21H20N4O3/c1-13-4-3-5-15(8-13)11-22-20(26)17-9-14(2)23-21(25-17)24-16-6-7-18-19(10-16)28-12-27-18/h3-10H,11-12H2,1-2H3,(H,22,26)(H,23,24,25). The zero-order valence-corrected chi connectivity index (χ0v) is 15.7. The van der Waals surface area contributed by atoms with Crippen molar-refractivity contribution in [2.45, 2.75) is 20.4 Å². The van der Waals surface area contributed by atoms with Crippen molar-refractivity contribution >= 4 is 17.5 Å². The van der Waals surface area contributed by atoms with Gasteiger partial charge in [-0.05, 0) is 37.6 Å². The molecule has 0 spiro atoms. The van der Waals surface area contributed by atoms with Gasteiger partial charge in [-0.15, -0.1) is 0 Å². The summed E-state index contributed by atoms with van der Waals surface area (Å²) in [6, 6.07) is 15.1. The van der Waals surface area contributed by atoms with E-state index in [2.05, 4.69) is 20.6 Å². The second-order valence-corrected chi connectivity index (χ2v) is 6.58. The van der Waals surface area contributed by atoms with Gasteiger partial charge in [0.25, 0.3) is 5.91 Å². The predicted molar refractivity (Wildman–Crippen MR) is 105 cm³/mol. The van der Waals surface area contributed by atoms with E-state index < -0.39 is 0 Å². The molecule has 1 aliphatic heterocycles. The fourth-order valence-electron chi connectivity index (χ4n) is 2.94. The number of ether oxygens (including phenoxy) is 2. The van der Waals surface area contributed by atoms with E-state index in [0.717, 1.165) is 16.8 Å². The zero-order valence-electron chi connectivity index (χ0n) is 15.7. The molecule has 3 aromatic rings. The highest BCUT2D eigenvalue weighted by atomic mass is 16.7. The molecule has 2 aromatic carbocycles. The summed E-state index contributed by atoms with van der Waals surface area (Å²) in [6.07, 6.45) is 0. The van der Waals surface area contributed by atoms with Gasteiger partial charge in [-0.25, -0.2) is 9.97 Å². The maximum absolute atomic E-state index is 12.5. The molecule has 0 atom stereocenters. The summed E-state index contributed by atoms with van der Waals surface area (Å²) >= 11 is 0.